The van der Waals surface area contributed by atoms with Gasteiger partial charge in [0.1, 0.15) is 4.83 Å². The average molecular weight is 324 g/mol. The second-order valence-electron chi connectivity index (χ2n) is 5.52. The Morgan fingerprint density at radius 1 is 1.17 bits per heavy atom. The molecular formula is C20H24N2S. The van der Waals surface area contributed by atoms with Crippen LogP contribution in [0.2, 0.25) is 0 Å². The molecule has 2 nitrogen and oxygen atoms in total. The molecule has 0 saturated carbocycles. The molecule has 0 fully saturated rings. The minimum atomic E-state index is 0.994. The molecule has 3 heterocycles. The second kappa shape index (κ2) is 7.16. The first-order valence-corrected chi connectivity index (χ1v) is 9.20. The quantitative estimate of drug-likeness (QED) is 0.676. The Bertz CT molecular complexity index is 809. The third-order valence-electron chi connectivity index (χ3n) is 4.07. The van der Waals surface area contributed by atoms with Crippen LogP contribution < -0.4 is 5.32 Å². The normalized spacial score (nSPS) is 13.9. The van der Waals surface area contributed by atoms with Crippen molar-refractivity contribution in [2.24, 2.45) is 0 Å². The fourth-order valence-electron chi connectivity index (χ4n) is 3.09. The van der Waals surface area contributed by atoms with Gasteiger partial charge in [0.15, 0.2) is 0 Å². The van der Waals surface area contributed by atoms with Crippen molar-refractivity contribution in [3.63, 3.8) is 0 Å². The van der Waals surface area contributed by atoms with Crippen molar-refractivity contribution < 1.29 is 0 Å². The molecule has 120 valence electrons. The average Bonchev–Trinajstić information content (AvgIpc) is 3.11. The van der Waals surface area contributed by atoms with Gasteiger partial charge in [0, 0.05) is 41.7 Å². The topological polar surface area (TPSA) is 17.0 Å². The van der Waals surface area contributed by atoms with Crippen LogP contribution in [0.5, 0.6) is 0 Å². The molecule has 3 aromatic rings. The Morgan fingerprint density at radius 2 is 1.96 bits per heavy atom. The van der Waals surface area contributed by atoms with E-state index in [2.05, 4.69) is 65.5 Å². The number of thiophene rings is 1. The molecule has 0 aliphatic carbocycles. The minimum Gasteiger partial charge on any atom is -0.312 e. The number of hydrogen-bond acceptors (Lipinski definition) is 2. The Balaban J connectivity index is 0.000000753. The Hall–Kier alpha value is -1.84. The molecular weight excluding hydrogens is 300 g/mol. The summed E-state index contributed by atoms with van der Waals surface area (Å²) in [6.07, 6.45) is 5.55. The van der Waals surface area contributed by atoms with Crippen LogP contribution in [0.3, 0.4) is 0 Å². The molecule has 1 aliphatic rings. The van der Waals surface area contributed by atoms with E-state index in [1.807, 2.05) is 25.2 Å². The summed E-state index contributed by atoms with van der Waals surface area (Å²) in [5.41, 5.74) is 4.20. The predicted molar refractivity (Wildman–Crippen MR) is 103 cm³/mol. The van der Waals surface area contributed by atoms with Crippen LogP contribution in [0, 0.1) is 6.92 Å². The van der Waals surface area contributed by atoms with Crippen LogP contribution in [-0.4, -0.2) is 11.1 Å². The first-order chi connectivity index (χ1) is 11.3. The fraction of sp³-hybridized carbons (Fsp3) is 0.300. The smallest absolute Gasteiger partial charge is 0.107 e. The van der Waals surface area contributed by atoms with E-state index in [1.165, 1.54) is 31.9 Å². The lowest BCUT2D eigenvalue weighted by molar-refractivity contribution is 0.634. The monoisotopic (exact) mass is 324 g/mol. The molecule has 0 spiro atoms. The molecule has 0 bridgehead atoms. The summed E-state index contributed by atoms with van der Waals surface area (Å²) in [6.45, 7) is 8.26. The van der Waals surface area contributed by atoms with Crippen molar-refractivity contribution in [2.75, 3.05) is 6.54 Å². The standard InChI is InChI=1S/C18H18N2S.C2H6/c1-13-11-15-16-12-19-9-7-17(16)20(18(15)21-13)10-8-14-5-3-2-4-6-14;1-2/h2-6,8,10-11,19H,7,9,12H2,1H3;1-2H3/b10-8+;. The van der Waals surface area contributed by atoms with Crippen LogP contribution in [0.25, 0.3) is 22.5 Å². The van der Waals surface area contributed by atoms with Crippen LogP contribution >= 0.6 is 11.3 Å². The molecule has 1 aliphatic heterocycles. The van der Waals surface area contributed by atoms with E-state index in [9.17, 15) is 0 Å². The van der Waals surface area contributed by atoms with E-state index >= 15 is 0 Å². The van der Waals surface area contributed by atoms with E-state index in [0.29, 0.717) is 0 Å². The summed E-state index contributed by atoms with van der Waals surface area (Å²) in [5, 5.41) is 4.92. The highest BCUT2D eigenvalue weighted by Gasteiger charge is 2.20. The molecule has 4 rings (SSSR count). The van der Waals surface area contributed by atoms with Crippen molar-refractivity contribution in [1.82, 2.24) is 9.88 Å². The van der Waals surface area contributed by atoms with Crippen molar-refractivity contribution in [1.29, 1.82) is 0 Å². The number of fused-ring (bicyclic) bond motifs is 3. The summed E-state index contributed by atoms with van der Waals surface area (Å²) in [7, 11) is 0. The summed E-state index contributed by atoms with van der Waals surface area (Å²) >= 11 is 1.89. The second-order valence-corrected chi connectivity index (χ2v) is 6.76. The van der Waals surface area contributed by atoms with Gasteiger partial charge in [-0.1, -0.05) is 44.2 Å². The van der Waals surface area contributed by atoms with E-state index in [0.717, 1.165) is 19.5 Å². The lowest BCUT2D eigenvalue weighted by Gasteiger charge is -2.15. The third kappa shape index (κ3) is 3.12. The van der Waals surface area contributed by atoms with Crippen LogP contribution in [0.15, 0.2) is 36.4 Å². The van der Waals surface area contributed by atoms with E-state index in [1.54, 1.807) is 0 Å². The van der Waals surface area contributed by atoms with Crippen molar-refractivity contribution in [2.45, 2.75) is 33.7 Å². The largest absolute Gasteiger partial charge is 0.312 e. The number of nitrogens with one attached hydrogen (secondary N) is 1. The van der Waals surface area contributed by atoms with Crippen molar-refractivity contribution in [3.8, 4) is 0 Å². The van der Waals surface area contributed by atoms with Gasteiger partial charge in [0.2, 0.25) is 0 Å². The molecule has 2 aromatic heterocycles. The zero-order valence-electron chi connectivity index (χ0n) is 14.1. The predicted octanol–water partition coefficient (Wildman–Crippen LogP) is 5.31. The van der Waals surface area contributed by atoms with Gasteiger partial charge in [0.25, 0.3) is 0 Å². The molecule has 1 aromatic carbocycles. The maximum Gasteiger partial charge on any atom is 0.107 e. The van der Waals surface area contributed by atoms with Crippen LogP contribution in [-0.2, 0) is 13.0 Å². The molecule has 0 saturated heterocycles. The van der Waals surface area contributed by atoms with Crippen molar-refractivity contribution in [3.05, 3.63) is 58.1 Å². The first-order valence-electron chi connectivity index (χ1n) is 8.39. The molecule has 1 N–H and O–H groups in total. The maximum atomic E-state index is 3.50. The van der Waals surface area contributed by atoms with Gasteiger partial charge in [-0.05, 0) is 30.2 Å². The van der Waals surface area contributed by atoms with Gasteiger partial charge in [-0.2, -0.15) is 0 Å². The SMILES string of the molecule is CC.Cc1cc2c3c(n(/C=C/c4ccccc4)c2s1)CCNC3. The lowest BCUT2D eigenvalue weighted by Crippen LogP contribution is -2.24. The van der Waals surface area contributed by atoms with Gasteiger partial charge in [-0.15, -0.1) is 11.3 Å². The van der Waals surface area contributed by atoms with Gasteiger partial charge < -0.3 is 9.88 Å². The summed E-state index contributed by atoms with van der Waals surface area (Å²) in [5.74, 6) is 0. The molecule has 0 atom stereocenters. The fourth-order valence-corrected chi connectivity index (χ4v) is 4.13. The van der Waals surface area contributed by atoms with Crippen molar-refractivity contribution >= 4 is 33.8 Å². The van der Waals surface area contributed by atoms with Crippen LogP contribution in [0.1, 0.15) is 35.5 Å². The lowest BCUT2D eigenvalue weighted by atomic mass is 10.1. The van der Waals surface area contributed by atoms with E-state index < -0.39 is 0 Å². The van der Waals surface area contributed by atoms with Gasteiger partial charge in [0.05, 0.1) is 0 Å². The maximum absolute atomic E-state index is 3.50. The molecule has 0 unspecified atom stereocenters. The highest BCUT2D eigenvalue weighted by molar-refractivity contribution is 7.18. The number of nitrogens with zero attached hydrogens (tertiary/aromatic N) is 1. The van der Waals surface area contributed by atoms with Gasteiger partial charge in [-0.25, -0.2) is 0 Å². The molecule has 3 heteroatoms. The van der Waals surface area contributed by atoms with E-state index in [-0.39, 0.29) is 0 Å². The summed E-state index contributed by atoms with van der Waals surface area (Å²) in [6, 6.07) is 12.8. The minimum absolute atomic E-state index is 0.994. The molecule has 0 amide bonds. The number of benzene rings is 1. The highest BCUT2D eigenvalue weighted by atomic mass is 32.1. The zero-order chi connectivity index (χ0) is 16.2. The van der Waals surface area contributed by atoms with E-state index in [4.69, 9.17) is 0 Å². The number of rotatable bonds is 2. The van der Waals surface area contributed by atoms with Gasteiger partial charge in [-0.3, -0.25) is 0 Å². The van der Waals surface area contributed by atoms with Gasteiger partial charge >= 0.3 is 0 Å². The Morgan fingerprint density at radius 3 is 2.74 bits per heavy atom. The Kier molecular flexibility index (Phi) is 4.99. The summed E-state index contributed by atoms with van der Waals surface area (Å²) in [4.78, 5) is 2.77. The number of hydrogen-bond donors (Lipinski definition) is 1. The Labute approximate surface area is 142 Å². The zero-order valence-corrected chi connectivity index (χ0v) is 14.9. The number of aryl methyl sites for hydroxylation is 1. The summed E-state index contributed by atoms with van der Waals surface area (Å²) < 4.78 is 2.40. The molecule has 0 radical (unpaired) electrons. The molecule has 23 heavy (non-hydrogen) atoms. The first kappa shape index (κ1) is 16.0. The number of aromatic nitrogens is 1. The van der Waals surface area contributed by atoms with Crippen LogP contribution in [0.4, 0.5) is 0 Å². The third-order valence-corrected chi connectivity index (χ3v) is 5.12. The highest BCUT2D eigenvalue weighted by Crippen LogP contribution is 2.35.